The first-order valence-corrected chi connectivity index (χ1v) is 18.4. The summed E-state index contributed by atoms with van der Waals surface area (Å²) in [5, 5.41) is 0. The quantitative estimate of drug-likeness (QED) is 0.165. The lowest BCUT2D eigenvalue weighted by Crippen LogP contribution is -2.30. The van der Waals surface area contributed by atoms with E-state index in [0.717, 1.165) is 22.7 Å². The van der Waals surface area contributed by atoms with Gasteiger partial charge in [-0.1, -0.05) is 166 Å². The van der Waals surface area contributed by atoms with E-state index in [9.17, 15) is 0 Å². The predicted octanol–water partition coefficient (Wildman–Crippen LogP) is 14.3. The average molecular weight is 681 g/mol. The molecule has 0 amide bonds. The van der Waals surface area contributed by atoms with Crippen molar-refractivity contribution >= 4 is 34.1 Å². The highest BCUT2D eigenvalue weighted by Crippen LogP contribution is 2.53. The first-order chi connectivity index (χ1) is 26.1. The molecule has 1 aliphatic heterocycles. The number of hydrogen-bond acceptors (Lipinski definition) is 2. The topological polar surface area (TPSA) is 6.48 Å². The molecule has 1 heterocycles. The van der Waals surface area contributed by atoms with Crippen molar-refractivity contribution in [2.45, 2.75) is 19.3 Å². The fourth-order valence-corrected chi connectivity index (χ4v) is 7.95. The summed E-state index contributed by atoms with van der Waals surface area (Å²) in [6.07, 6.45) is 0. The van der Waals surface area contributed by atoms with E-state index in [4.69, 9.17) is 0 Å². The molecule has 9 rings (SSSR count). The Morgan fingerprint density at radius 3 is 1.43 bits per heavy atom. The number of benzene rings is 8. The summed E-state index contributed by atoms with van der Waals surface area (Å²) in [5.74, 6) is 0. The minimum atomic E-state index is -0.164. The van der Waals surface area contributed by atoms with Crippen LogP contribution in [-0.2, 0) is 5.41 Å². The number of fused-ring (bicyclic) bond motifs is 2. The van der Waals surface area contributed by atoms with Crippen molar-refractivity contribution in [2.75, 3.05) is 9.80 Å². The Bertz CT molecular complexity index is 2420. The van der Waals surface area contributed by atoms with Crippen LogP contribution in [0.1, 0.15) is 25.0 Å². The van der Waals surface area contributed by atoms with E-state index in [-0.39, 0.29) is 5.41 Å². The number of anilines is 6. The summed E-state index contributed by atoms with van der Waals surface area (Å²) in [7, 11) is 0. The van der Waals surface area contributed by atoms with Gasteiger partial charge in [0.25, 0.3) is 0 Å². The highest BCUT2D eigenvalue weighted by molar-refractivity contribution is 5.93. The summed E-state index contributed by atoms with van der Waals surface area (Å²) < 4.78 is 0. The second kappa shape index (κ2) is 13.5. The summed E-state index contributed by atoms with van der Waals surface area (Å²) >= 11 is 0. The Labute approximate surface area is 312 Å². The lowest BCUT2D eigenvalue weighted by Gasteiger charge is -2.42. The molecule has 53 heavy (non-hydrogen) atoms. The van der Waals surface area contributed by atoms with E-state index in [1.807, 2.05) is 0 Å². The smallest absolute Gasteiger partial charge is 0.0540 e. The van der Waals surface area contributed by atoms with Crippen molar-refractivity contribution in [3.63, 3.8) is 0 Å². The normalized spacial score (nSPS) is 12.8. The zero-order valence-corrected chi connectivity index (χ0v) is 30.0. The lowest BCUT2D eigenvalue weighted by atomic mass is 9.73. The summed E-state index contributed by atoms with van der Waals surface area (Å²) in [4.78, 5) is 4.83. The maximum Gasteiger partial charge on any atom is 0.0540 e. The van der Waals surface area contributed by atoms with E-state index in [2.05, 4.69) is 230 Å². The molecule has 2 heteroatoms. The maximum atomic E-state index is 2.43. The lowest BCUT2D eigenvalue weighted by molar-refractivity contribution is 0.632. The molecule has 0 radical (unpaired) electrons. The van der Waals surface area contributed by atoms with Crippen molar-refractivity contribution in [2.24, 2.45) is 0 Å². The van der Waals surface area contributed by atoms with Crippen molar-refractivity contribution in [3.8, 4) is 33.4 Å². The molecule has 0 fully saturated rings. The molecule has 0 unspecified atom stereocenters. The van der Waals surface area contributed by atoms with Gasteiger partial charge in [-0.15, -0.1) is 0 Å². The molecule has 8 aromatic carbocycles. The molecule has 1 aliphatic rings. The number of hydrogen-bond donors (Lipinski definition) is 0. The minimum absolute atomic E-state index is 0.164. The van der Waals surface area contributed by atoms with Gasteiger partial charge in [0.15, 0.2) is 0 Å². The van der Waals surface area contributed by atoms with Gasteiger partial charge in [0.1, 0.15) is 0 Å². The van der Waals surface area contributed by atoms with E-state index < -0.39 is 0 Å². The van der Waals surface area contributed by atoms with Gasteiger partial charge >= 0.3 is 0 Å². The molecule has 0 saturated carbocycles. The van der Waals surface area contributed by atoms with Gasteiger partial charge in [-0.2, -0.15) is 0 Å². The van der Waals surface area contributed by atoms with E-state index in [1.165, 1.54) is 55.9 Å². The molecule has 0 aliphatic carbocycles. The molecule has 0 bridgehead atoms. The molecule has 0 saturated heterocycles. The van der Waals surface area contributed by atoms with E-state index >= 15 is 0 Å². The Balaban J connectivity index is 1.20. The van der Waals surface area contributed by atoms with Gasteiger partial charge in [0, 0.05) is 28.0 Å². The molecule has 0 atom stereocenters. The average Bonchev–Trinajstić information content (AvgIpc) is 3.23. The van der Waals surface area contributed by atoms with Crippen LogP contribution in [0.25, 0.3) is 33.4 Å². The van der Waals surface area contributed by atoms with Crippen LogP contribution in [0, 0.1) is 0 Å². The Hall–Kier alpha value is -6.64. The highest BCUT2D eigenvalue weighted by atomic mass is 15.2. The fraction of sp³-hybridized carbons (Fsp3) is 0.0588. The van der Waals surface area contributed by atoms with Crippen LogP contribution in [0.15, 0.2) is 206 Å². The molecule has 0 spiro atoms. The second-order valence-corrected chi connectivity index (χ2v) is 14.2. The van der Waals surface area contributed by atoms with Crippen LogP contribution in [-0.4, -0.2) is 0 Å². The third kappa shape index (κ3) is 5.89. The van der Waals surface area contributed by atoms with Gasteiger partial charge < -0.3 is 9.80 Å². The predicted molar refractivity (Wildman–Crippen MR) is 224 cm³/mol. The van der Waals surface area contributed by atoms with Crippen molar-refractivity contribution in [3.05, 3.63) is 217 Å². The largest absolute Gasteiger partial charge is 0.310 e. The van der Waals surface area contributed by atoms with Crippen molar-refractivity contribution < 1.29 is 0 Å². The molecule has 254 valence electrons. The first-order valence-electron chi connectivity index (χ1n) is 18.4. The standard InChI is InChI=1S/C51H40N2/c1-51(2)46-23-13-15-25-49(46)53(42-20-10-5-11-21-42)50-36-41(30-35-47(50)51)45-22-12-14-24-48(45)52(43-31-26-39(27-32-43)37-16-6-3-7-17-37)44-33-28-40(29-34-44)38-18-8-4-9-19-38/h3-36H,1-2H3. The van der Waals surface area contributed by atoms with Crippen LogP contribution in [0.2, 0.25) is 0 Å². The SMILES string of the molecule is CC1(C)c2ccccc2N(c2ccccc2)c2cc(-c3ccccc3N(c3ccc(-c4ccccc4)cc3)c3ccc(-c4ccccc4)cc3)ccc21. The Morgan fingerprint density at radius 2 is 0.830 bits per heavy atom. The van der Waals surface area contributed by atoms with Gasteiger partial charge in [0.05, 0.1) is 17.1 Å². The van der Waals surface area contributed by atoms with Crippen LogP contribution < -0.4 is 9.80 Å². The molecule has 0 N–H and O–H groups in total. The Kier molecular flexibility index (Phi) is 8.21. The second-order valence-electron chi connectivity index (χ2n) is 14.2. The van der Waals surface area contributed by atoms with Gasteiger partial charge in [-0.3, -0.25) is 0 Å². The summed E-state index contributed by atoms with van der Waals surface area (Å²) in [6.45, 7) is 4.70. The van der Waals surface area contributed by atoms with E-state index in [1.54, 1.807) is 0 Å². The highest BCUT2D eigenvalue weighted by Gasteiger charge is 2.37. The van der Waals surface area contributed by atoms with E-state index in [0.29, 0.717) is 0 Å². The molecule has 8 aromatic rings. The molecular weight excluding hydrogens is 641 g/mol. The molecule has 0 aromatic heterocycles. The number of nitrogens with zero attached hydrogens (tertiary/aromatic N) is 2. The first kappa shape index (κ1) is 32.3. The van der Waals surface area contributed by atoms with Crippen molar-refractivity contribution in [1.82, 2.24) is 0 Å². The third-order valence-corrected chi connectivity index (χ3v) is 10.7. The molecule has 2 nitrogen and oxygen atoms in total. The van der Waals surface area contributed by atoms with Crippen LogP contribution in [0.5, 0.6) is 0 Å². The summed E-state index contributed by atoms with van der Waals surface area (Å²) in [5.41, 5.74) is 16.5. The third-order valence-electron chi connectivity index (χ3n) is 10.7. The van der Waals surface area contributed by atoms with Gasteiger partial charge in [-0.25, -0.2) is 0 Å². The van der Waals surface area contributed by atoms with Crippen LogP contribution in [0.3, 0.4) is 0 Å². The van der Waals surface area contributed by atoms with Gasteiger partial charge in [-0.05, 0) is 93.5 Å². The van der Waals surface area contributed by atoms with Gasteiger partial charge in [0.2, 0.25) is 0 Å². The Morgan fingerprint density at radius 1 is 0.377 bits per heavy atom. The zero-order chi connectivity index (χ0) is 35.8. The minimum Gasteiger partial charge on any atom is -0.310 e. The maximum absolute atomic E-state index is 2.43. The fourth-order valence-electron chi connectivity index (χ4n) is 7.95. The van der Waals surface area contributed by atoms with Crippen molar-refractivity contribution in [1.29, 1.82) is 0 Å². The molecular formula is C51H40N2. The zero-order valence-electron chi connectivity index (χ0n) is 30.0. The number of rotatable bonds is 7. The van der Waals surface area contributed by atoms with Crippen LogP contribution >= 0.6 is 0 Å². The number of para-hydroxylation sites is 3. The summed E-state index contributed by atoms with van der Waals surface area (Å²) in [6, 6.07) is 74.5. The monoisotopic (exact) mass is 680 g/mol. The van der Waals surface area contributed by atoms with Crippen LogP contribution in [0.4, 0.5) is 34.1 Å².